The van der Waals surface area contributed by atoms with Gasteiger partial charge in [-0.25, -0.2) is 13.8 Å². The molecule has 0 amide bonds. The lowest BCUT2D eigenvalue weighted by molar-refractivity contribution is 0.584. The largest absolute Gasteiger partial charge is 0.368 e. The Morgan fingerprint density at radius 2 is 1.29 bits per heavy atom. The summed E-state index contributed by atoms with van der Waals surface area (Å²) in [6, 6.07) is 12.2. The first kappa shape index (κ1) is 13.1. The Balaban J connectivity index is 2.14. The minimum absolute atomic E-state index is 0.0106. The monoisotopic (exact) mass is 284 g/mol. The number of nitrogens with two attached hydrogens (primary N) is 1. The highest BCUT2D eigenvalue weighted by molar-refractivity contribution is 5.62. The van der Waals surface area contributed by atoms with Crippen LogP contribution in [0.25, 0.3) is 22.8 Å². The van der Waals surface area contributed by atoms with E-state index in [1.165, 1.54) is 0 Å². The maximum Gasteiger partial charge on any atom is 0.224 e. The lowest BCUT2D eigenvalue weighted by atomic mass is 10.2. The number of hydrogen-bond acceptors (Lipinski definition) is 4. The molecule has 0 saturated heterocycles. The molecule has 3 rings (SSSR count). The molecular weight excluding hydrogens is 274 g/mol. The molecule has 0 radical (unpaired) electrons. The minimum Gasteiger partial charge on any atom is -0.368 e. The van der Waals surface area contributed by atoms with Crippen LogP contribution in [-0.4, -0.2) is 15.0 Å². The summed E-state index contributed by atoms with van der Waals surface area (Å²) in [5.41, 5.74) is 6.61. The van der Waals surface area contributed by atoms with Crippen molar-refractivity contribution in [3.63, 3.8) is 0 Å². The first-order valence-electron chi connectivity index (χ1n) is 6.15. The molecule has 0 fully saturated rings. The maximum atomic E-state index is 13.3. The van der Waals surface area contributed by atoms with Crippen LogP contribution in [0.5, 0.6) is 0 Å². The molecular formula is C15H10F2N4. The molecule has 104 valence electrons. The van der Waals surface area contributed by atoms with Gasteiger partial charge in [0, 0.05) is 17.2 Å². The predicted molar refractivity (Wildman–Crippen MR) is 75.0 cm³/mol. The van der Waals surface area contributed by atoms with Gasteiger partial charge >= 0.3 is 0 Å². The molecule has 0 spiro atoms. The van der Waals surface area contributed by atoms with E-state index in [4.69, 9.17) is 5.73 Å². The summed E-state index contributed by atoms with van der Waals surface area (Å²) >= 11 is 0. The molecule has 0 aliphatic rings. The number of benzene rings is 2. The fraction of sp³-hybridized carbons (Fsp3) is 0. The van der Waals surface area contributed by atoms with Gasteiger partial charge in [0.2, 0.25) is 5.95 Å². The zero-order valence-electron chi connectivity index (χ0n) is 10.8. The molecule has 6 heteroatoms. The zero-order valence-corrected chi connectivity index (χ0v) is 10.8. The highest BCUT2D eigenvalue weighted by Gasteiger charge is 2.10. The Labute approximate surface area is 119 Å². The molecule has 0 aliphatic heterocycles. The number of hydrogen-bond donors (Lipinski definition) is 1. The first-order chi connectivity index (χ1) is 10.1. The van der Waals surface area contributed by atoms with E-state index in [1.807, 2.05) is 30.3 Å². The van der Waals surface area contributed by atoms with Crippen LogP contribution in [0.2, 0.25) is 0 Å². The third kappa shape index (κ3) is 2.84. The average Bonchev–Trinajstić information content (AvgIpc) is 2.46. The van der Waals surface area contributed by atoms with Crippen molar-refractivity contribution in [2.75, 3.05) is 5.73 Å². The van der Waals surface area contributed by atoms with Crippen molar-refractivity contribution < 1.29 is 8.78 Å². The van der Waals surface area contributed by atoms with Crippen molar-refractivity contribution in [3.8, 4) is 22.8 Å². The summed E-state index contributed by atoms with van der Waals surface area (Å²) in [6.45, 7) is 0. The van der Waals surface area contributed by atoms with Crippen LogP contribution >= 0.6 is 0 Å². The van der Waals surface area contributed by atoms with Gasteiger partial charge in [0.25, 0.3) is 0 Å². The second-order valence-electron chi connectivity index (χ2n) is 4.36. The van der Waals surface area contributed by atoms with Crippen LogP contribution in [0.1, 0.15) is 0 Å². The van der Waals surface area contributed by atoms with E-state index < -0.39 is 11.6 Å². The van der Waals surface area contributed by atoms with E-state index in [1.54, 1.807) is 0 Å². The van der Waals surface area contributed by atoms with Crippen LogP contribution in [0.3, 0.4) is 0 Å². The number of anilines is 1. The van der Waals surface area contributed by atoms with Crippen LogP contribution in [0, 0.1) is 11.6 Å². The third-order valence-corrected chi connectivity index (χ3v) is 2.81. The van der Waals surface area contributed by atoms with E-state index in [0.717, 1.165) is 23.8 Å². The lowest BCUT2D eigenvalue weighted by Crippen LogP contribution is -2.02. The Morgan fingerprint density at radius 3 is 1.90 bits per heavy atom. The van der Waals surface area contributed by atoms with Crippen LogP contribution in [0.4, 0.5) is 14.7 Å². The number of halogens is 2. The van der Waals surface area contributed by atoms with Crippen molar-refractivity contribution in [2.24, 2.45) is 0 Å². The van der Waals surface area contributed by atoms with Crippen molar-refractivity contribution in [3.05, 3.63) is 60.2 Å². The van der Waals surface area contributed by atoms with Gasteiger partial charge in [-0.3, -0.25) is 0 Å². The summed E-state index contributed by atoms with van der Waals surface area (Å²) in [5.74, 6) is -0.943. The SMILES string of the molecule is Nc1nc(-c2ccccc2)nc(-c2cc(F)cc(F)c2)n1. The fourth-order valence-electron chi connectivity index (χ4n) is 1.92. The van der Waals surface area contributed by atoms with Gasteiger partial charge in [0.1, 0.15) is 11.6 Å². The van der Waals surface area contributed by atoms with E-state index in [9.17, 15) is 8.78 Å². The van der Waals surface area contributed by atoms with Gasteiger partial charge in [0.05, 0.1) is 0 Å². The average molecular weight is 284 g/mol. The van der Waals surface area contributed by atoms with Crippen molar-refractivity contribution >= 4 is 5.95 Å². The van der Waals surface area contributed by atoms with Gasteiger partial charge in [-0.05, 0) is 12.1 Å². The number of nitrogens with zero attached hydrogens (tertiary/aromatic N) is 3. The molecule has 4 nitrogen and oxygen atoms in total. The summed E-state index contributed by atoms with van der Waals surface area (Å²) in [5, 5.41) is 0. The number of nitrogen functional groups attached to an aromatic ring is 1. The number of aromatic nitrogens is 3. The van der Waals surface area contributed by atoms with Crippen LogP contribution < -0.4 is 5.73 Å². The molecule has 0 aliphatic carbocycles. The van der Waals surface area contributed by atoms with E-state index in [2.05, 4.69) is 15.0 Å². The standard InChI is InChI=1S/C15H10F2N4/c16-11-6-10(7-12(17)8-11)14-19-13(20-15(18)21-14)9-4-2-1-3-5-9/h1-8H,(H2,18,19,20,21). The van der Waals surface area contributed by atoms with Gasteiger partial charge in [0.15, 0.2) is 11.6 Å². The molecule has 0 saturated carbocycles. The quantitative estimate of drug-likeness (QED) is 0.785. The minimum atomic E-state index is -0.703. The molecule has 2 aromatic carbocycles. The Kier molecular flexibility index (Phi) is 3.27. The molecule has 2 N–H and O–H groups in total. The summed E-state index contributed by atoms with van der Waals surface area (Å²) in [6.07, 6.45) is 0. The Morgan fingerprint density at radius 1 is 0.714 bits per heavy atom. The maximum absolute atomic E-state index is 13.3. The van der Waals surface area contributed by atoms with Crippen molar-refractivity contribution in [1.29, 1.82) is 0 Å². The lowest BCUT2D eigenvalue weighted by Gasteiger charge is -2.05. The van der Waals surface area contributed by atoms with Crippen molar-refractivity contribution in [2.45, 2.75) is 0 Å². The van der Waals surface area contributed by atoms with E-state index in [0.29, 0.717) is 5.82 Å². The topological polar surface area (TPSA) is 64.7 Å². The first-order valence-corrected chi connectivity index (χ1v) is 6.15. The molecule has 21 heavy (non-hydrogen) atoms. The smallest absolute Gasteiger partial charge is 0.224 e. The summed E-state index contributed by atoms with van der Waals surface area (Å²) in [7, 11) is 0. The Hall–Kier alpha value is -2.89. The molecule has 3 aromatic rings. The van der Waals surface area contributed by atoms with Gasteiger partial charge < -0.3 is 5.73 Å². The number of rotatable bonds is 2. The van der Waals surface area contributed by atoms with Gasteiger partial charge in [-0.1, -0.05) is 30.3 Å². The predicted octanol–water partition coefficient (Wildman–Crippen LogP) is 3.07. The second kappa shape index (κ2) is 5.24. The highest BCUT2D eigenvalue weighted by atomic mass is 19.1. The molecule has 1 heterocycles. The van der Waals surface area contributed by atoms with Crippen LogP contribution in [-0.2, 0) is 0 Å². The highest BCUT2D eigenvalue weighted by Crippen LogP contribution is 2.22. The van der Waals surface area contributed by atoms with Crippen molar-refractivity contribution in [1.82, 2.24) is 15.0 Å². The van der Waals surface area contributed by atoms with E-state index in [-0.39, 0.29) is 17.3 Å². The Bertz CT molecular complexity index is 771. The summed E-state index contributed by atoms with van der Waals surface area (Å²) < 4.78 is 26.6. The molecule has 1 aromatic heterocycles. The molecule has 0 atom stereocenters. The summed E-state index contributed by atoms with van der Waals surface area (Å²) in [4.78, 5) is 12.2. The normalized spacial score (nSPS) is 10.6. The fourth-order valence-corrected chi connectivity index (χ4v) is 1.92. The molecule has 0 bridgehead atoms. The van der Waals surface area contributed by atoms with Crippen LogP contribution in [0.15, 0.2) is 48.5 Å². The third-order valence-electron chi connectivity index (χ3n) is 2.81. The second-order valence-corrected chi connectivity index (χ2v) is 4.36. The van der Waals surface area contributed by atoms with Gasteiger partial charge in [-0.2, -0.15) is 9.97 Å². The van der Waals surface area contributed by atoms with Gasteiger partial charge in [-0.15, -0.1) is 0 Å². The zero-order chi connectivity index (χ0) is 14.8. The molecule has 0 unspecified atom stereocenters. The van der Waals surface area contributed by atoms with E-state index >= 15 is 0 Å².